The number of aryl methyl sites for hydroxylation is 1. The Kier molecular flexibility index (Phi) is 8.18. The van der Waals surface area contributed by atoms with Crippen LogP contribution in [0.25, 0.3) is 0 Å². The van der Waals surface area contributed by atoms with Crippen LogP contribution in [-0.2, 0) is 11.2 Å². The molecule has 24 heavy (non-hydrogen) atoms. The average Bonchev–Trinajstić information content (AvgIpc) is 2.56. The van der Waals surface area contributed by atoms with Crippen LogP contribution in [0.15, 0.2) is 39.2 Å². The lowest BCUT2D eigenvalue weighted by Crippen LogP contribution is -2.34. The van der Waals surface area contributed by atoms with Crippen LogP contribution in [0.3, 0.4) is 0 Å². The molecule has 3 N–H and O–H groups in total. The Balaban J connectivity index is 2.50. The number of guanidine groups is 2. The number of carbonyl (C=O) groups excluding carboxylic acids is 1. The zero-order valence-electron chi connectivity index (χ0n) is 14.4. The molecule has 0 bridgehead atoms. The second kappa shape index (κ2) is 10.1. The Bertz CT molecular complexity index is 623. The van der Waals surface area contributed by atoms with E-state index in [1.54, 1.807) is 33.0 Å². The summed E-state index contributed by atoms with van der Waals surface area (Å²) < 4.78 is 0. The van der Waals surface area contributed by atoms with Gasteiger partial charge in [0.1, 0.15) is 5.75 Å². The maximum Gasteiger partial charge on any atom is 0.232 e. The predicted octanol–water partition coefficient (Wildman–Crippen LogP) is 1.73. The summed E-state index contributed by atoms with van der Waals surface area (Å²) in [5.74, 6) is 0.408. The van der Waals surface area contributed by atoms with Gasteiger partial charge in [-0.3, -0.25) is 15.1 Å². The standard InChI is InChI=1S/C17H25N5O2/c1-12(2)15(24)21-17(19-4)22-16(18-3)20-10-6-8-13-7-5-9-14(23)11-13/h5,7,9,11-12,23H,4,6,8,10H2,1-3H3,(H2,18,20,21,22,24). The lowest BCUT2D eigenvalue weighted by Gasteiger charge is -2.09. The first-order chi connectivity index (χ1) is 11.5. The first-order valence-corrected chi connectivity index (χ1v) is 7.81. The maximum absolute atomic E-state index is 11.7. The van der Waals surface area contributed by atoms with Crippen molar-refractivity contribution < 1.29 is 9.90 Å². The molecule has 0 saturated carbocycles. The molecular weight excluding hydrogens is 306 g/mol. The topological polar surface area (TPSA) is 98.4 Å². The lowest BCUT2D eigenvalue weighted by molar-refractivity contribution is -0.122. The zero-order valence-corrected chi connectivity index (χ0v) is 14.4. The molecule has 0 saturated heterocycles. The molecule has 0 radical (unpaired) electrons. The molecule has 0 unspecified atom stereocenters. The highest BCUT2D eigenvalue weighted by molar-refractivity contribution is 6.04. The number of phenols is 1. The van der Waals surface area contributed by atoms with E-state index >= 15 is 0 Å². The van der Waals surface area contributed by atoms with Gasteiger partial charge in [-0.25, -0.2) is 4.99 Å². The summed E-state index contributed by atoms with van der Waals surface area (Å²) in [6, 6.07) is 7.18. The molecule has 0 heterocycles. The van der Waals surface area contributed by atoms with E-state index in [9.17, 15) is 9.90 Å². The average molecular weight is 331 g/mol. The Hall–Kier alpha value is -2.70. The molecule has 7 nitrogen and oxygen atoms in total. The summed E-state index contributed by atoms with van der Waals surface area (Å²) in [5.41, 5.74) is 1.06. The maximum atomic E-state index is 11.7. The highest BCUT2D eigenvalue weighted by Gasteiger charge is 2.09. The molecule has 0 fully saturated rings. The third-order valence-electron chi connectivity index (χ3n) is 3.17. The normalized spacial score (nSPS) is 12.2. The fourth-order valence-electron chi connectivity index (χ4n) is 1.83. The quantitative estimate of drug-likeness (QED) is 0.435. The van der Waals surface area contributed by atoms with Crippen LogP contribution in [0, 0.1) is 5.92 Å². The van der Waals surface area contributed by atoms with Crippen LogP contribution in [0.2, 0.25) is 0 Å². The van der Waals surface area contributed by atoms with Gasteiger partial charge in [0.2, 0.25) is 17.8 Å². The predicted molar refractivity (Wildman–Crippen MR) is 97.8 cm³/mol. The summed E-state index contributed by atoms with van der Waals surface area (Å²) in [6.07, 6.45) is 1.66. The molecule has 7 heteroatoms. The van der Waals surface area contributed by atoms with Crippen LogP contribution >= 0.6 is 0 Å². The highest BCUT2D eigenvalue weighted by Crippen LogP contribution is 2.12. The molecule has 130 valence electrons. The smallest absolute Gasteiger partial charge is 0.232 e. The summed E-state index contributed by atoms with van der Waals surface area (Å²) >= 11 is 0. The van der Waals surface area contributed by atoms with Gasteiger partial charge in [-0.15, -0.1) is 0 Å². The Morgan fingerprint density at radius 2 is 2.08 bits per heavy atom. The van der Waals surface area contributed by atoms with Crippen molar-refractivity contribution in [2.45, 2.75) is 26.7 Å². The number of benzene rings is 1. The molecule has 1 aromatic rings. The van der Waals surface area contributed by atoms with Gasteiger partial charge in [0.25, 0.3) is 0 Å². The molecule has 0 spiro atoms. The van der Waals surface area contributed by atoms with Crippen LogP contribution in [0.1, 0.15) is 25.8 Å². The molecule has 1 aromatic carbocycles. The number of carbonyl (C=O) groups is 1. The minimum atomic E-state index is -0.180. The van der Waals surface area contributed by atoms with E-state index in [1.165, 1.54) is 0 Å². The van der Waals surface area contributed by atoms with E-state index in [0.29, 0.717) is 12.5 Å². The number of amides is 1. The molecule has 0 aliphatic heterocycles. The number of phenolic OH excluding ortho intramolecular Hbond substituents is 1. The van der Waals surface area contributed by atoms with Crippen molar-refractivity contribution in [3.05, 3.63) is 29.8 Å². The van der Waals surface area contributed by atoms with Gasteiger partial charge in [-0.1, -0.05) is 26.0 Å². The van der Waals surface area contributed by atoms with Gasteiger partial charge in [-0.2, -0.15) is 4.99 Å². The number of aliphatic imine (C=N–C) groups is 3. The second-order valence-corrected chi connectivity index (χ2v) is 5.48. The number of nitrogens with one attached hydrogen (secondary N) is 2. The molecular formula is C17H25N5O2. The minimum absolute atomic E-state index is 0.120. The molecule has 0 aliphatic carbocycles. The van der Waals surface area contributed by atoms with Gasteiger partial charge < -0.3 is 10.4 Å². The summed E-state index contributed by atoms with van der Waals surface area (Å²) in [7, 11) is 1.60. The third kappa shape index (κ3) is 7.04. The summed E-state index contributed by atoms with van der Waals surface area (Å²) in [5, 5.41) is 15.1. The highest BCUT2D eigenvalue weighted by atomic mass is 16.3. The first kappa shape index (κ1) is 19.3. The minimum Gasteiger partial charge on any atom is -0.508 e. The van der Waals surface area contributed by atoms with E-state index in [-0.39, 0.29) is 23.5 Å². The number of aromatic hydroxyl groups is 1. The van der Waals surface area contributed by atoms with E-state index in [4.69, 9.17) is 0 Å². The molecule has 1 rings (SSSR count). The zero-order chi connectivity index (χ0) is 17.9. The Morgan fingerprint density at radius 3 is 2.67 bits per heavy atom. The fraction of sp³-hybridized carbons (Fsp3) is 0.412. The van der Waals surface area contributed by atoms with Gasteiger partial charge in [0.05, 0.1) is 0 Å². The van der Waals surface area contributed by atoms with Gasteiger partial charge in [-0.05, 0) is 37.3 Å². The van der Waals surface area contributed by atoms with Crippen molar-refractivity contribution in [1.29, 1.82) is 0 Å². The molecule has 0 aliphatic rings. The largest absolute Gasteiger partial charge is 0.508 e. The van der Waals surface area contributed by atoms with Crippen LogP contribution in [-0.4, -0.2) is 43.2 Å². The van der Waals surface area contributed by atoms with Crippen molar-refractivity contribution >= 4 is 24.5 Å². The Labute approximate surface area is 142 Å². The van der Waals surface area contributed by atoms with Gasteiger partial charge in [0.15, 0.2) is 0 Å². The molecule has 0 atom stereocenters. The van der Waals surface area contributed by atoms with Gasteiger partial charge in [0, 0.05) is 19.5 Å². The SMILES string of the molecule is C=N/C(=N\C(=NC)NCCCc1cccc(O)c1)NC(=O)C(C)C. The van der Waals surface area contributed by atoms with Crippen LogP contribution in [0.5, 0.6) is 5.75 Å². The number of hydrogen-bond donors (Lipinski definition) is 3. The molecule has 1 amide bonds. The number of hydrogen-bond acceptors (Lipinski definition) is 3. The lowest BCUT2D eigenvalue weighted by atomic mass is 10.1. The van der Waals surface area contributed by atoms with E-state index < -0.39 is 0 Å². The van der Waals surface area contributed by atoms with Crippen molar-refractivity contribution in [2.75, 3.05) is 13.6 Å². The van der Waals surface area contributed by atoms with Crippen molar-refractivity contribution in [3.63, 3.8) is 0 Å². The monoisotopic (exact) mass is 331 g/mol. The van der Waals surface area contributed by atoms with Crippen molar-refractivity contribution in [2.24, 2.45) is 20.9 Å². The second-order valence-electron chi connectivity index (χ2n) is 5.48. The van der Waals surface area contributed by atoms with E-state index in [2.05, 4.69) is 32.3 Å². The summed E-state index contributed by atoms with van der Waals surface area (Å²) in [4.78, 5) is 23.5. The van der Waals surface area contributed by atoms with Gasteiger partial charge >= 0.3 is 0 Å². The van der Waals surface area contributed by atoms with E-state index in [0.717, 1.165) is 18.4 Å². The number of nitrogens with zero attached hydrogens (tertiary/aromatic N) is 3. The molecule has 0 aromatic heterocycles. The van der Waals surface area contributed by atoms with E-state index in [1.807, 2.05) is 12.1 Å². The van der Waals surface area contributed by atoms with Crippen molar-refractivity contribution in [3.8, 4) is 5.75 Å². The first-order valence-electron chi connectivity index (χ1n) is 7.81. The number of rotatable bonds is 5. The van der Waals surface area contributed by atoms with Crippen LogP contribution < -0.4 is 10.6 Å². The third-order valence-corrected chi connectivity index (χ3v) is 3.17. The Morgan fingerprint density at radius 1 is 1.33 bits per heavy atom. The fourth-order valence-corrected chi connectivity index (χ4v) is 1.83. The van der Waals surface area contributed by atoms with Crippen molar-refractivity contribution in [1.82, 2.24) is 10.6 Å². The van der Waals surface area contributed by atoms with Crippen LogP contribution in [0.4, 0.5) is 0 Å². The summed E-state index contributed by atoms with van der Waals surface area (Å²) in [6.45, 7) is 7.61.